The van der Waals surface area contributed by atoms with Gasteiger partial charge in [-0.1, -0.05) is 13.0 Å². The summed E-state index contributed by atoms with van der Waals surface area (Å²) in [5.41, 5.74) is -0.203. The maximum atomic E-state index is 5.79. The van der Waals surface area contributed by atoms with Crippen LogP contribution < -0.4 is 0 Å². The molecule has 1 unspecified atom stereocenters. The Balaban J connectivity index is 3.98. The smallest absolute Gasteiger partial charge is 0.0598 e. The molecule has 0 rings (SSSR count). The number of rotatable bonds is 4. The van der Waals surface area contributed by atoms with Gasteiger partial charge < -0.3 is 4.74 Å². The number of hydrogen-bond donors (Lipinski definition) is 0. The third kappa shape index (κ3) is 4.78. The molecule has 0 N–H and O–H groups in total. The molecule has 0 saturated heterocycles. The fourth-order valence-corrected chi connectivity index (χ4v) is 0.720. The highest BCUT2D eigenvalue weighted by Gasteiger charge is 2.22. The summed E-state index contributed by atoms with van der Waals surface area (Å²) in [5, 5.41) is 0. The zero-order chi connectivity index (χ0) is 9.83. The minimum Gasteiger partial charge on any atom is -0.375 e. The molecule has 72 valence electrons. The van der Waals surface area contributed by atoms with E-state index in [2.05, 4.69) is 6.58 Å². The number of halogens is 1. The van der Waals surface area contributed by atoms with Crippen LogP contribution in [0.25, 0.3) is 0 Å². The van der Waals surface area contributed by atoms with Gasteiger partial charge in [-0.2, -0.15) is 0 Å². The lowest BCUT2D eigenvalue weighted by Crippen LogP contribution is -2.29. The first-order chi connectivity index (χ1) is 5.33. The molecule has 0 spiro atoms. The van der Waals surface area contributed by atoms with Gasteiger partial charge in [0.1, 0.15) is 0 Å². The van der Waals surface area contributed by atoms with Crippen molar-refractivity contribution in [1.29, 1.82) is 0 Å². The Labute approximate surface area is 80.8 Å². The average Bonchev–Trinajstić information content (AvgIpc) is 1.99. The van der Waals surface area contributed by atoms with Crippen LogP contribution in [-0.2, 0) is 4.74 Å². The van der Waals surface area contributed by atoms with Gasteiger partial charge in [-0.3, -0.25) is 0 Å². The molecule has 1 atom stereocenters. The minimum atomic E-state index is -0.102. The molecule has 2 heteroatoms. The largest absolute Gasteiger partial charge is 0.375 e. The second-order valence-electron chi connectivity index (χ2n) is 4.39. The SMILES string of the molecule is C=CC(C)(CCl)COC(C)(C)C. The predicted molar refractivity (Wildman–Crippen MR) is 54.7 cm³/mol. The summed E-state index contributed by atoms with van der Waals surface area (Å²) in [7, 11) is 0. The first-order valence-corrected chi connectivity index (χ1v) is 4.70. The molecule has 0 bridgehead atoms. The highest BCUT2D eigenvalue weighted by molar-refractivity contribution is 6.18. The van der Waals surface area contributed by atoms with Gasteiger partial charge in [-0.05, 0) is 20.8 Å². The third-order valence-corrected chi connectivity index (χ3v) is 2.24. The number of ether oxygens (including phenoxy) is 1. The molecule has 0 aliphatic carbocycles. The molecule has 0 radical (unpaired) electrons. The van der Waals surface area contributed by atoms with E-state index in [1.54, 1.807) is 0 Å². The van der Waals surface area contributed by atoms with Crippen LogP contribution in [0.5, 0.6) is 0 Å². The molecule has 0 fully saturated rings. The highest BCUT2D eigenvalue weighted by atomic mass is 35.5. The van der Waals surface area contributed by atoms with Crippen LogP contribution in [-0.4, -0.2) is 18.1 Å². The van der Waals surface area contributed by atoms with Crippen molar-refractivity contribution in [3.8, 4) is 0 Å². The molecular formula is C10H19ClO. The topological polar surface area (TPSA) is 9.23 Å². The lowest BCUT2D eigenvalue weighted by atomic mass is 9.94. The zero-order valence-corrected chi connectivity index (χ0v) is 9.24. The van der Waals surface area contributed by atoms with Crippen molar-refractivity contribution in [3.63, 3.8) is 0 Å². The molecule has 0 heterocycles. The zero-order valence-electron chi connectivity index (χ0n) is 8.48. The first-order valence-electron chi connectivity index (χ1n) is 4.16. The standard InChI is InChI=1S/C10H19ClO/c1-6-10(5,7-11)8-12-9(2,3)4/h6H,1,7-8H2,2-5H3. The Morgan fingerprint density at radius 1 is 1.33 bits per heavy atom. The minimum absolute atomic E-state index is 0.101. The van der Waals surface area contributed by atoms with E-state index in [0.717, 1.165) is 0 Å². The van der Waals surface area contributed by atoms with E-state index in [-0.39, 0.29) is 11.0 Å². The molecule has 0 aromatic carbocycles. The summed E-state index contributed by atoms with van der Waals surface area (Å²) in [5.74, 6) is 0.548. The second-order valence-corrected chi connectivity index (χ2v) is 4.66. The van der Waals surface area contributed by atoms with E-state index >= 15 is 0 Å². The summed E-state index contributed by atoms with van der Waals surface area (Å²) < 4.78 is 5.62. The van der Waals surface area contributed by atoms with Crippen LogP contribution in [0.4, 0.5) is 0 Å². The van der Waals surface area contributed by atoms with Crippen molar-refractivity contribution in [3.05, 3.63) is 12.7 Å². The van der Waals surface area contributed by atoms with Crippen LogP contribution in [0.2, 0.25) is 0 Å². The number of hydrogen-bond acceptors (Lipinski definition) is 1. The van der Waals surface area contributed by atoms with Crippen molar-refractivity contribution in [2.75, 3.05) is 12.5 Å². The van der Waals surface area contributed by atoms with Gasteiger partial charge in [-0.15, -0.1) is 18.2 Å². The molecule has 12 heavy (non-hydrogen) atoms. The average molecular weight is 191 g/mol. The Hall–Kier alpha value is -0.0100. The molecular weight excluding hydrogens is 172 g/mol. The predicted octanol–water partition coefficient (Wildman–Crippen LogP) is 3.23. The van der Waals surface area contributed by atoms with Crippen LogP contribution in [0, 0.1) is 5.41 Å². The molecule has 0 amide bonds. The first kappa shape index (κ1) is 12.0. The van der Waals surface area contributed by atoms with E-state index < -0.39 is 0 Å². The summed E-state index contributed by atoms with van der Waals surface area (Å²) in [6.07, 6.45) is 1.85. The summed E-state index contributed by atoms with van der Waals surface area (Å²) in [6.45, 7) is 12.5. The van der Waals surface area contributed by atoms with Crippen molar-refractivity contribution in [1.82, 2.24) is 0 Å². The molecule has 0 saturated carbocycles. The van der Waals surface area contributed by atoms with Crippen molar-refractivity contribution in [2.24, 2.45) is 5.41 Å². The van der Waals surface area contributed by atoms with Gasteiger partial charge in [0.25, 0.3) is 0 Å². The van der Waals surface area contributed by atoms with E-state index in [9.17, 15) is 0 Å². The maximum absolute atomic E-state index is 5.79. The highest BCUT2D eigenvalue weighted by Crippen LogP contribution is 2.22. The summed E-state index contributed by atoms with van der Waals surface area (Å²) in [6, 6.07) is 0. The van der Waals surface area contributed by atoms with Gasteiger partial charge in [0, 0.05) is 11.3 Å². The van der Waals surface area contributed by atoms with Crippen molar-refractivity contribution in [2.45, 2.75) is 33.3 Å². The van der Waals surface area contributed by atoms with E-state index in [4.69, 9.17) is 16.3 Å². The Morgan fingerprint density at radius 3 is 2.08 bits per heavy atom. The quantitative estimate of drug-likeness (QED) is 0.489. The monoisotopic (exact) mass is 190 g/mol. The van der Waals surface area contributed by atoms with Crippen LogP contribution in [0.15, 0.2) is 12.7 Å². The van der Waals surface area contributed by atoms with Crippen molar-refractivity contribution < 1.29 is 4.74 Å². The van der Waals surface area contributed by atoms with Crippen LogP contribution in [0.3, 0.4) is 0 Å². The van der Waals surface area contributed by atoms with E-state index in [1.807, 2.05) is 33.8 Å². The molecule has 0 aromatic rings. The number of alkyl halides is 1. The second kappa shape index (κ2) is 4.29. The molecule has 0 aliphatic heterocycles. The van der Waals surface area contributed by atoms with Gasteiger partial charge >= 0.3 is 0 Å². The van der Waals surface area contributed by atoms with Crippen LogP contribution in [0.1, 0.15) is 27.7 Å². The van der Waals surface area contributed by atoms with Gasteiger partial charge in [0.15, 0.2) is 0 Å². The Kier molecular flexibility index (Phi) is 4.29. The Bertz CT molecular complexity index is 148. The molecule has 1 nitrogen and oxygen atoms in total. The van der Waals surface area contributed by atoms with Gasteiger partial charge in [0.05, 0.1) is 12.2 Å². The van der Waals surface area contributed by atoms with E-state index in [1.165, 1.54) is 0 Å². The summed E-state index contributed by atoms with van der Waals surface area (Å²) in [4.78, 5) is 0. The maximum Gasteiger partial charge on any atom is 0.0598 e. The molecule has 0 aliphatic rings. The lowest BCUT2D eigenvalue weighted by molar-refractivity contribution is -0.0307. The van der Waals surface area contributed by atoms with E-state index in [0.29, 0.717) is 12.5 Å². The fourth-order valence-electron chi connectivity index (χ4n) is 0.533. The molecule has 0 aromatic heterocycles. The fraction of sp³-hybridized carbons (Fsp3) is 0.800. The van der Waals surface area contributed by atoms with Gasteiger partial charge in [0.2, 0.25) is 0 Å². The third-order valence-electron chi connectivity index (χ3n) is 1.63. The van der Waals surface area contributed by atoms with Crippen LogP contribution >= 0.6 is 11.6 Å². The summed E-state index contributed by atoms with van der Waals surface area (Å²) >= 11 is 5.79. The van der Waals surface area contributed by atoms with Crippen molar-refractivity contribution >= 4 is 11.6 Å². The Morgan fingerprint density at radius 2 is 1.83 bits per heavy atom. The van der Waals surface area contributed by atoms with Gasteiger partial charge in [-0.25, -0.2) is 0 Å². The lowest BCUT2D eigenvalue weighted by Gasteiger charge is -2.28. The normalized spacial score (nSPS) is 17.1.